The Hall–Kier alpha value is -3.48. The highest BCUT2D eigenvalue weighted by molar-refractivity contribution is 6.35. The van der Waals surface area contributed by atoms with Gasteiger partial charge in [-0.05, 0) is 30.3 Å². The summed E-state index contributed by atoms with van der Waals surface area (Å²) in [5.74, 6) is -2.47. The van der Waals surface area contributed by atoms with Crippen LogP contribution in [0.15, 0.2) is 42.5 Å². The van der Waals surface area contributed by atoms with Crippen molar-refractivity contribution in [2.45, 2.75) is 0 Å². The van der Waals surface area contributed by atoms with Gasteiger partial charge in [0.15, 0.2) is 0 Å². The van der Waals surface area contributed by atoms with E-state index in [0.29, 0.717) is 12.1 Å². The molecule has 3 rings (SSSR count). The monoisotopic (exact) mass is 310 g/mol. The third-order valence-electron chi connectivity index (χ3n) is 3.49. The summed E-state index contributed by atoms with van der Waals surface area (Å²) in [6, 6.07) is 10.1. The van der Waals surface area contributed by atoms with Gasteiger partial charge in [0.1, 0.15) is 0 Å². The van der Waals surface area contributed by atoms with Gasteiger partial charge < -0.3 is 10.4 Å². The lowest BCUT2D eigenvalue weighted by molar-refractivity contribution is -0.105. The maximum atomic E-state index is 12.5. The highest BCUT2D eigenvalue weighted by Gasteiger charge is 2.38. The molecule has 7 nitrogen and oxygen atoms in total. The molecule has 0 aliphatic carbocycles. The second kappa shape index (κ2) is 5.38. The highest BCUT2D eigenvalue weighted by atomic mass is 16.4. The largest absolute Gasteiger partial charge is 0.478 e. The van der Waals surface area contributed by atoms with Crippen LogP contribution in [0.2, 0.25) is 0 Å². The zero-order chi connectivity index (χ0) is 16.6. The molecule has 0 saturated carbocycles. The first-order valence-electron chi connectivity index (χ1n) is 6.60. The van der Waals surface area contributed by atoms with Crippen molar-refractivity contribution in [3.05, 3.63) is 59.2 Å². The lowest BCUT2D eigenvalue weighted by atomic mass is 10.1. The smallest absolute Gasteiger partial charge is 0.337 e. The number of hydrogen-bond donors (Lipinski definition) is 2. The summed E-state index contributed by atoms with van der Waals surface area (Å²) >= 11 is 0. The minimum absolute atomic E-state index is 0.0103. The fourth-order valence-corrected chi connectivity index (χ4v) is 2.47. The number of benzene rings is 2. The number of nitrogens with one attached hydrogen (secondary N) is 1. The Kier molecular flexibility index (Phi) is 3.38. The Morgan fingerprint density at radius 2 is 1.74 bits per heavy atom. The molecular weight excluding hydrogens is 300 g/mol. The van der Waals surface area contributed by atoms with E-state index >= 15 is 0 Å². The number of imide groups is 1. The number of amides is 3. The van der Waals surface area contributed by atoms with E-state index in [1.165, 1.54) is 36.4 Å². The number of carboxylic acids is 1. The number of anilines is 2. The fraction of sp³-hybridized carbons (Fsp3) is 0. The van der Waals surface area contributed by atoms with Gasteiger partial charge in [0, 0.05) is 5.69 Å². The third kappa shape index (κ3) is 2.24. The van der Waals surface area contributed by atoms with E-state index in [0.717, 1.165) is 4.90 Å². The third-order valence-corrected chi connectivity index (χ3v) is 3.49. The number of carbonyl (C=O) groups excluding carboxylic acids is 3. The number of carboxylic acid groups (broad SMARTS) is 1. The van der Waals surface area contributed by atoms with E-state index in [9.17, 15) is 24.3 Å². The topological polar surface area (TPSA) is 104 Å². The maximum absolute atomic E-state index is 12.5. The minimum atomic E-state index is -1.24. The summed E-state index contributed by atoms with van der Waals surface area (Å²) in [5.41, 5.74) is 0.506. The molecule has 0 bridgehead atoms. The number of nitrogens with zero attached hydrogens (tertiary/aromatic N) is 1. The van der Waals surface area contributed by atoms with Crippen molar-refractivity contribution >= 4 is 35.6 Å². The summed E-state index contributed by atoms with van der Waals surface area (Å²) in [4.78, 5) is 47.6. The predicted octanol–water partition coefficient (Wildman–Crippen LogP) is 1.75. The van der Waals surface area contributed by atoms with E-state index in [2.05, 4.69) is 5.32 Å². The second-order valence-electron chi connectivity index (χ2n) is 4.79. The molecule has 0 atom stereocenters. The molecule has 1 aliphatic heterocycles. The van der Waals surface area contributed by atoms with Gasteiger partial charge in [0.2, 0.25) is 6.41 Å². The van der Waals surface area contributed by atoms with Gasteiger partial charge in [-0.25, -0.2) is 9.69 Å². The molecule has 0 spiro atoms. The second-order valence-corrected chi connectivity index (χ2v) is 4.79. The Balaban J connectivity index is 2.11. The minimum Gasteiger partial charge on any atom is -0.478 e. The molecule has 0 fully saturated rings. The molecule has 1 heterocycles. The van der Waals surface area contributed by atoms with Crippen LogP contribution in [-0.4, -0.2) is 29.3 Å². The van der Waals surface area contributed by atoms with E-state index in [-0.39, 0.29) is 22.4 Å². The number of para-hydroxylation sites is 1. The van der Waals surface area contributed by atoms with Crippen LogP contribution in [-0.2, 0) is 4.79 Å². The van der Waals surface area contributed by atoms with Crippen molar-refractivity contribution in [2.24, 2.45) is 0 Å². The van der Waals surface area contributed by atoms with Crippen LogP contribution in [0.4, 0.5) is 11.4 Å². The first kappa shape index (κ1) is 14.5. The van der Waals surface area contributed by atoms with Crippen molar-refractivity contribution < 1.29 is 24.3 Å². The summed E-state index contributed by atoms with van der Waals surface area (Å²) in [7, 11) is 0. The summed E-state index contributed by atoms with van der Waals surface area (Å²) in [5, 5.41) is 11.6. The fourth-order valence-electron chi connectivity index (χ4n) is 2.47. The van der Waals surface area contributed by atoms with E-state index in [1.807, 2.05) is 0 Å². The number of fused-ring (bicyclic) bond motifs is 1. The number of rotatable bonds is 4. The lowest BCUT2D eigenvalue weighted by Crippen LogP contribution is -2.30. The first-order chi connectivity index (χ1) is 11.0. The molecule has 7 heteroatoms. The van der Waals surface area contributed by atoms with Gasteiger partial charge >= 0.3 is 5.97 Å². The highest BCUT2D eigenvalue weighted by Crippen LogP contribution is 2.32. The van der Waals surface area contributed by atoms with Gasteiger partial charge in [-0.2, -0.15) is 0 Å². The van der Waals surface area contributed by atoms with E-state index < -0.39 is 17.8 Å². The Bertz CT molecular complexity index is 859. The normalized spacial score (nSPS) is 13.0. The zero-order valence-electron chi connectivity index (χ0n) is 11.6. The molecule has 0 aromatic heterocycles. The molecule has 2 aromatic carbocycles. The Morgan fingerprint density at radius 3 is 2.43 bits per heavy atom. The molecule has 3 amide bonds. The number of carbonyl (C=O) groups is 4. The maximum Gasteiger partial charge on any atom is 0.337 e. The average Bonchev–Trinajstić information content (AvgIpc) is 2.79. The summed E-state index contributed by atoms with van der Waals surface area (Å²) in [6.45, 7) is 0. The molecule has 0 saturated heterocycles. The van der Waals surface area contributed by atoms with Crippen LogP contribution in [0.5, 0.6) is 0 Å². The quantitative estimate of drug-likeness (QED) is 0.661. The summed E-state index contributed by atoms with van der Waals surface area (Å²) < 4.78 is 0. The SMILES string of the molecule is O=CNc1ccc2c(c1)C(=O)N(c1ccccc1C(=O)O)C2=O. The van der Waals surface area contributed by atoms with Gasteiger partial charge in [-0.15, -0.1) is 0 Å². The number of aromatic carboxylic acids is 1. The van der Waals surface area contributed by atoms with Crippen molar-refractivity contribution in [3.8, 4) is 0 Å². The van der Waals surface area contributed by atoms with Crippen LogP contribution in [0.1, 0.15) is 31.1 Å². The zero-order valence-corrected chi connectivity index (χ0v) is 11.6. The van der Waals surface area contributed by atoms with Gasteiger partial charge in [0.05, 0.1) is 22.4 Å². The standard InChI is InChI=1S/C16H10N2O5/c19-8-17-9-5-6-10-12(7-9)15(21)18(14(10)20)13-4-2-1-3-11(13)16(22)23/h1-8H,(H,17,19)(H,22,23). The predicted molar refractivity (Wildman–Crippen MR) is 80.7 cm³/mol. The van der Waals surface area contributed by atoms with Gasteiger partial charge in [-0.1, -0.05) is 12.1 Å². The average molecular weight is 310 g/mol. The molecule has 2 aromatic rings. The number of hydrogen-bond acceptors (Lipinski definition) is 4. The van der Waals surface area contributed by atoms with Crippen LogP contribution in [0, 0.1) is 0 Å². The van der Waals surface area contributed by atoms with Crippen LogP contribution < -0.4 is 10.2 Å². The molecule has 0 unspecified atom stereocenters. The first-order valence-corrected chi connectivity index (χ1v) is 6.60. The lowest BCUT2D eigenvalue weighted by Gasteiger charge is -2.16. The van der Waals surface area contributed by atoms with E-state index in [1.54, 1.807) is 6.07 Å². The van der Waals surface area contributed by atoms with Crippen molar-refractivity contribution in [2.75, 3.05) is 10.2 Å². The Labute approximate surface area is 130 Å². The molecule has 0 radical (unpaired) electrons. The van der Waals surface area contributed by atoms with Crippen molar-refractivity contribution in [3.63, 3.8) is 0 Å². The summed E-state index contributed by atoms with van der Waals surface area (Å²) in [6.07, 6.45) is 0.459. The molecule has 1 aliphatic rings. The van der Waals surface area contributed by atoms with E-state index in [4.69, 9.17) is 0 Å². The molecule has 2 N–H and O–H groups in total. The molecular formula is C16H10N2O5. The van der Waals surface area contributed by atoms with Crippen molar-refractivity contribution in [1.29, 1.82) is 0 Å². The molecule has 114 valence electrons. The Morgan fingerprint density at radius 1 is 1.04 bits per heavy atom. The van der Waals surface area contributed by atoms with Gasteiger partial charge in [0.25, 0.3) is 11.8 Å². The van der Waals surface area contributed by atoms with Crippen LogP contribution >= 0.6 is 0 Å². The van der Waals surface area contributed by atoms with Gasteiger partial charge in [-0.3, -0.25) is 14.4 Å². The van der Waals surface area contributed by atoms with Crippen LogP contribution in [0.3, 0.4) is 0 Å². The molecule has 23 heavy (non-hydrogen) atoms. The van der Waals surface area contributed by atoms with Crippen molar-refractivity contribution in [1.82, 2.24) is 0 Å². The van der Waals surface area contributed by atoms with Crippen LogP contribution in [0.25, 0.3) is 0 Å².